The largest absolute Gasteiger partial charge is 0.435 e. The highest BCUT2D eigenvalue weighted by Crippen LogP contribution is 2.24. The highest BCUT2D eigenvalue weighted by atomic mass is 19.3. The van der Waals surface area contributed by atoms with E-state index in [9.17, 15) is 8.78 Å². The summed E-state index contributed by atoms with van der Waals surface area (Å²) >= 11 is 0. The second-order valence-corrected chi connectivity index (χ2v) is 3.18. The van der Waals surface area contributed by atoms with Crippen LogP contribution in [0.1, 0.15) is 5.56 Å². The quantitative estimate of drug-likeness (QED) is 0.776. The Morgan fingerprint density at radius 2 is 2.00 bits per heavy atom. The van der Waals surface area contributed by atoms with Crippen LogP contribution in [0.15, 0.2) is 36.4 Å². The van der Waals surface area contributed by atoms with Crippen molar-refractivity contribution in [2.24, 2.45) is 0 Å². The van der Waals surface area contributed by atoms with Gasteiger partial charge in [-0.25, -0.2) is 0 Å². The number of fused-ring (bicyclic) bond motifs is 1. The van der Waals surface area contributed by atoms with Gasteiger partial charge in [0.15, 0.2) is 0 Å². The molecule has 4 heteroatoms. The molecular weight excluding hydrogens is 212 g/mol. The first-order valence-electron chi connectivity index (χ1n) is 4.58. The van der Waals surface area contributed by atoms with Crippen LogP contribution in [0, 0.1) is 11.3 Å². The molecule has 0 radical (unpaired) electrons. The van der Waals surface area contributed by atoms with Crippen molar-refractivity contribution in [1.82, 2.24) is 0 Å². The molecule has 0 saturated heterocycles. The van der Waals surface area contributed by atoms with Gasteiger partial charge < -0.3 is 4.74 Å². The zero-order valence-electron chi connectivity index (χ0n) is 8.15. The first-order chi connectivity index (χ1) is 7.70. The second kappa shape index (κ2) is 4.15. The molecular formula is C12H7F2NO. The van der Waals surface area contributed by atoms with Crippen LogP contribution >= 0.6 is 0 Å². The molecule has 0 bridgehead atoms. The van der Waals surface area contributed by atoms with Gasteiger partial charge in [0.25, 0.3) is 0 Å². The Morgan fingerprint density at radius 1 is 1.19 bits per heavy atom. The molecule has 0 N–H and O–H groups in total. The lowest BCUT2D eigenvalue weighted by molar-refractivity contribution is -0.0497. The Labute approximate surface area is 90.7 Å². The van der Waals surface area contributed by atoms with Crippen molar-refractivity contribution >= 4 is 10.8 Å². The van der Waals surface area contributed by atoms with E-state index in [0.29, 0.717) is 10.9 Å². The minimum atomic E-state index is -2.84. The number of hydrogen-bond donors (Lipinski definition) is 0. The van der Waals surface area contributed by atoms with Gasteiger partial charge in [-0.3, -0.25) is 0 Å². The average Bonchev–Trinajstić information content (AvgIpc) is 2.27. The summed E-state index contributed by atoms with van der Waals surface area (Å²) in [6.45, 7) is -2.84. The lowest BCUT2D eigenvalue weighted by Gasteiger charge is -2.06. The molecule has 0 amide bonds. The number of hydrogen-bond acceptors (Lipinski definition) is 2. The summed E-state index contributed by atoms with van der Waals surface area (Å²) in [5.74, 6) is 0.0950. The van der Waals surface area contributed by atoms with Gasteiger partial charge in [0.05, 0.1) is 11.6 Å². The number of ether oxygens (including phenoxy) is 1. The molecule has 0 unspecified atom stereocenters. The van der Waals surface area contributed by atoms with E-state index in [0.717, 1.165) is 5.39 Å². The summed E-state index contributed by atoms with van der Waals surface area (Å²) in [5.41, 5.74) is 0.515. The van der Waals surface area contributed by atoms with Crippen molar-refractivity contribution in [2.75, 3.05) is 0 Å². The summed E-state index contributed by atoms with van der Waals surface area (Å²) in [7, 11) is 0. The second-order valence-electron chi connectivity index (χ2n) is 3.18. The van der Waals surface area contributed by atoms with Crippen LogP contribution in [-0.2, 0) is 0 Å². The number of alkyl halides is 2. The van der Waals surface area contributed by atoms with Crippen molar-refractivity contribution < 1.29 is 13.5 Å². The van der Waals surface area contributed by atoms with E-state index in [2.05, 4.69) is 4.74 Å². The Kier molecular flexibility index (Phi) is 2.69. The van der Waals surface area contributed by atoms with Gasteiger partial charge >= 0.3 is 6.61 Å². The van der Waals surface area contributed by atoms with Crippen LogP contribution in [0.25, 0.3) is 10.8 Å². The molecule has 0 aliphatic rings. The summed E-state index contributed by atoms with van der Waals surface area (Å²) in [6.07, 6.45) is 0. The van der Waals surface area contributed by atoms with E-state index < -0.39 is 6.61 Å². The minimum absolute atomic E-state index is 0.0950. The Balaban J connectivity index is 2.52. The van der Waals surface area contributed by atoms with Crippen molar-refractivity contribution in [3.8, 4) is 11.8 Å². The summed E-state index contributed by atoms with van der Waals surface area (Å²) in [6, 6.07) is 11.7. The molecule has 80 valence electrons. The summed E-state index contributed by atoms with van der Waals surface area (Å²) in [5, 5.41) is 10.3. The van der Waals surface area contributed by atoms with Gasteiger partial charge in [-0.05, 0) is 35.0 Å². The Bertz CT molecular complexity index is 560. The van der Waals surface area contributed by atoms with Gasteiger partial charge in [0.2, 0.25) is 0 Å². The predicted octanol–water partition coefficient (Wildman–Crippen LogP) is 3.31. The fourth-order valence-electron chi connectivity index (χ4n) is 1.54. The van der Waals surface area contributed by atoms with Gasteiger partial charge in [0.1, 0.15) is 5.75 Å². The van der Waals surface area contributed by atoms with Crippen molar-refractivity contribution in [2.45, 2.75) is 6.61 Å². The molecule has 2 aromatic carbocycles. The lowest BCUT2D eigenvalue weighted by Crippen LogP contribution is -2.01. The summed E-state index contributed by atoms with van der Waals surface area (Å²) < 4.78 is 28.3. The van der Waals surface area contributed by atoms with Crippen LogP contribution in [0.4, 0.5) is 8.78 Å². The highest BCUT2D eigenvalue weighted by molar-refractivity contribution is 5.88. The van der Waals surface area contributed by atoms with Crippen molar-refractivity contribution in [3.63, 3.8) is 0 Å². The summed E-state index contributed by atoms with van der Waals surface area (Å²) in [4.78, 5) is 0. The first kappa shape index (κ1) is 10.4. The van der Waals surface area contributed by atoms with Gasteiger partial charge in [0, 0.05) is 0 Å². The number of nitrogens with zero attached hydrogens (tertiary/aromatic N) is 1. The number of rotatable bonds is 2. The Hall–Kier alpha value is -2.15. The topological polar surface area (TPSA) is 33.0 Å². The number of nitriles is 1. The van der Waals surface area contributed by atoms with Gasteiger partial charge in [-0.2, -0.15) is 14.0 Å². The minimum Gasteiger partial charge on any atom is -0.435 e. The fourth-order valence-corrected chi connectivity index (χ4v) is 1.54. The van der Waals surface area contributed by atoms with Crippen molar-refractivity contribution in [3.05, 3.63) is 42.0 Å². The number of halogens is 2. The molecule has 0 aliphatic heterocycles. The maximum absolute atomic E-state index is 12.0. The molecule has 16 heavy (non-hydrogen) atoms. The van der Waals surface area contributed by atoms with Crippen molar-refractivity contribution in [1.29, 1.82) is 5.26 Å². The Morgan fingerprint density at radius 3 is 2.69 bits per heavy atom. The predicted molar refractivity (Wildman–Crippen MR) is 55.3 cm³/mol. The molecule has 0 aromatic heterocycles. The van der Waals surface area contributed by atoms with Crippen LogP contribution in [0.2, 0.25) is 0 Å². The normalized spacial score (nSPS) is 10.4. The fraction of sp³-hybridized carbons (Fsp3) is 0.0833. The molecule has 0 fully saturated rings. The monoisotopic (exact) mass is 219 g/mol. The van der Waals surface area contributed by atoms with E-state index in [1.165, 1.54) is 12.1 Å². The maximum atomic E-state index is 12.0. The molecule has 0 saturated carbocycles. The van der Waals surface area contributed by atoms with Crippen LogP contribution in [0.3, 0.4) is 0 Å². The van der Waals surface area contributed by atoms with Crippen LogP contribution in [-0.4, -0.2) is 6.61 Å². The van der Waals surface area contributed by atoms with Crippen LogP contribution in [0.5, 0.6) is 5.75 Å². The molecule has 0 atom stereocenters. The number of benzene rings is 2. The van der Waals surface area contributed by atoms with Gasteiger partial charge in [-0.15, -0.1) is 0 Å². The highest BCUT2D eigenvalue weighted by Gasteiger charge is 2.06. The standard InChI is InChI=1S/C12H7F2NO/c13-12(14)16-10-4-5-11-8(6-10)2-1-3-9(11)7-15/h1-6,12H. The molecule has 0 aliphatic carbocycles. The lowest BCUT2D eigenvalue weighted by atomic mass is 10.1. The van der Waals surface area contributed by atoms with E-state index in [-0.39, 0.29) is 5.75 Å². The zero-order valence-corrected chi connectivity index (χ0v) is 8.15. The van der Waals surface area contributed by atoms with Gasteiger partial charge in [-0.1, -0.05) is 12.1 Å². The third kappa shape index (κ3) is 1.94. The molecule has 0 spiro atoms. The van der Waals surface area contributed by atoms with E-state index in [1.807, 2.05) is 6.07 Å². The maximum Gasteiger partial charge on any atom is 0.387 e. The average molecular weight is 219 g/mol. The van der Waals surface area contributed by atoms with E-state index >= 15 is 0 Å². The molecule has 2 rings (SSSR count). The zero-order chi connectivity index (χ0) is 11.5. The first-order valence-corrected chi connectivity index (χ1v) is 4.58. The third-order valence-electron chi connectivity index (χ3n) is 2.20. The van der Waals surface area contributed by atoms with E-state index in [4.69, 9.17) is 5.26 Å². The van der Waals surface area contributed by atoms with E-state index in [1.54, 1.807) is 24.3 Å². The molecule has 2 aromatic rings. The van der Waals surface area contributed by atoms with Crippen LogP contribution < -0.4 is 4.74 Å². The third-order valence-corrected chi connectivity index (χ3v) is 2.20. The smallest absolute Gasteiger partial charge is 0.387 e. The molecule has 2 nitrogen and oxygen atoms in total. The SMILES string of the molecule is N#Cc1cccc2cc(OC(F)F)ccc12. The molecule has 0 heterocycles.